The lowest BCUT2D eigenvalue weighted by atomic mass is 10.1. The van der Waals surface area contributed by atoms with Crippen LogP contribution in [0.25, 0.3) is 0 Å². The van der Waals surface area contributed by atoms with Crippen molar-refractivity contribution in [2.75, 3.05) is 13.2 Å². The topological polar surface area (TPSA) is 42.4 Å². The number of hydrogen-bond acceptors (Lipinski definition) is 3. The Bertz CT molecular complexity index is 263. The third-order valence-corrected chi connectivity index (χ3v) is 1.82. The molecule has 1 aromatic heterocycles. The summed E-state index contributed by atoms with van der Waals surface area (Å²) in [4.78, 5) is 4.25. The van der Waals surface area contributed by atoms with Crippen molar-refractivity contribution >= 4 is 0 Å². The van der Waals surface area contributed by atoms with E-state index in [9.17, 15) is 0 Å². The zero-order valence-corrected chi connectivity index (χ0v) is 8.03. The van der Waals surface area contributed by atoms with Crippen LogP contribution in [-0.2, 0) is 0 Å². The Morgan fingerprint density at radius 3 is 2.92 bits per heavy atom. The Kier molecular flexibility index (Phi) is 3.71. The molecule has 72 valence electrons. The molecule has 3 heteroatoms. The van der Waals surface area contributed by atoms with Crippen molar-refractivity contribution in [3.8, 4) is 5.88 Å². The number of aliphatic hydroxyl groups is 1. The van der Waals surface area contributed by atoms with Gasteiger partial charge in [0, 0.05) is 17.7 Å². The van der Waals surface area contributed by atoms with Gasteiger partial charge in [-0.3, -0.25) is 0 Å². The molecule has 0 amide bonds. The Hall–Kier alpha value is -1.09. The third-order valence-electron chi connectivity index (χ3n) is 1.82. The first-order valence-electron chi connectivity index (χ1n) is 4.48. The zero-order valence-electron chi connectivity index (χ0n) is 8.03. The minimum absolute atomic E-state index is 0.0698. The van der Waals surface area contributed by atoms with Gasteiger partial charge in [0.05, 0.1) is 13.2 Å². The summed E-state index contributed by atoms with van der Waals surface area (Å²) in [5, 5.41) is 8.93. The van der Waals surface area contributed by atoms with Gasteiger partial charge in [-0.25, -0.2) is 4.98 Å². The van der Waals surface area contributed by atoms with Crippen LogP contribution in [0.3, 0.4) is 0 Å². The van der Waals surface area contributed by atoms with Crippen molar-refractivity contribution in [2.45, 2.75) is 19.8 Å². The number of aliphatic hydroxyl groups excluding tert-OH is 1. The highest BCUT2D eigenvalue weighted by Crippen LogP contribution is 2.15. The molecule has 0 aromatic carbocycles. The van der Waals surface area contributed by atoms with Gasteiger partial charge in [-0.15, -0.1) is 0 Å². The van der Waals surface area contributed by atoms with Gasteiger partial charge in [0.1, 0.15) is 0 Å². The van der Waals surface area contributed by atoms with E-state index >= 15 is 0 Å². The molecular formula is C10H15NO2. The number of pyridine rings is 1. The molecular weight excluding hydrogens is 166 g/mol. The summed E-state index contributed by atoms with van der Waals surface area (Å²) in [5.74, 6) is 0.695. The second kappa shape index (κ2) is 4.82. The van der Waals surface area contributed by atoms with Gasteiger partial charge in [-0.05, 0) is 13.0 Å². The van der Waals surface area contributed by atoms with Gasteiger partial charge in [-0.2, -0.15) is 0 Å². The van der Waals surface area contributed by atoms with E-state index in [2.05, 4.69) is 4.98 Å². The van der Waals surface area contributed by atoms with E-state index in [1.54, 1.807) is 0 Å². The fraction of sp³-hybridized carbons (Fsp3) is 0.500. The van der Waals surface area contributed by atoms with Crippen LogP contribution in [0.1, 0.15) is 25.5 Å². The zero-order chi connectivity index (χ0) is 9.68. The van der Waals surface area contributed by atoms with Gasteiger partial charge in [-0.1, -0.05) is 13.0 Å². The molecule has 3 nitrogen and oxygen atoms in total. The van der Waals surface area contributed by atoms with E-state index in [0.717, 1.165) is 5.69 Å². The summed E-state index contributed by atoms with van der Waals surface area (Å²) in [7, 11) is 0. The van der Waals surface area contributed by atoms with Crippen LogP contribution in [0.4, 0.5) is 0 Å². The smallest absolute Gasteiger partial charge is 0.213 e. The largest absolute Gasteiger partial charge is 0.478 e. The average Bonchev–Trinajstić information content (AvgIpc) is 2.18. The maximum absolute atomic E-state index is 8.93. The molecule has 0 spiro atoms. The first-order chi connectivity index (χ1) is 6.27. The van der Waals surface area contributed by atoms with Crippen molar-refractivity contribution in [3.05, 3.63) is 23.9 Å². The molecule has 1 atom stereocenters. The highest BCUT2D eigenvalue weighted by molar-refractivity contribution is 5.18. The van der Waals surface area contributed by atoms with Crippen molar-refractivity contribution in [2.24, 2.45) is 0 Å². The quantitative estimate of drug-likeness (QED) is 0.766. The Morgan fingerprint density at radius 1 is 1.54 bits per heavy atom. The normalized spacial score (nSPS) is 12.5. The van der Waals surface area contributed by atoms with Gasteiger partial charge >= 0.3 is 0 Å². The van der Waals surface area contributed by atoms with Gasteiger partial charge in [0.15, 0.2) is 0 Å². The minimum atomic E-state index is 0.0698. The van der Waals surface area contributed by atoms with Crippen molar-refractivity contribution in [1.29, 1.82) is 0 Å². The standard InChI is InChI=1S/C10H15NO2/c1-3-13-10-6-4-5-9(11-10)8(2)7-12/h4-6,8,12H,3,7H2,1-2H3/t8-/m1/s1. The van der Waals surface area contributed by atoms with E-state index in [-0.39, 0.29) is 12.5 Å². The number of aromatic nitrogens is 1. The van der Waals surface area contributed by atoms with E-state index in [0.29, 0.717) is 12.5 Å². The summed E-state index contributed by atoms with van der Waals surface area (Å²) >= 11 is 0. The lowest BCUT2D eigenvalue weighted by Gasteiger charge is -2.08. The summed E-state index contributed by atoms with van der Waals surface area (Å²) in [6.45, 7) is 4.58. The summed E-state index contributed by atoms with van der Waals surface area (Å²) in [6, 6.07) is 5.60. The summed E-state index contributed by atoms with van der Waals surface area (Å²) < 4.78 is 5.25. The molecule has 0 aliphatic rings. The van der Waals surface area contributed by atoms with Crippen LogP contribution < -0.4 is 4.74 Å². The first kappa shape index (κ1) is 9.99. The van der Waals surface area contributed by atoms with Crippen LogP contribution in [0.2, 0.25) is 0 Å². The highest BCUT2D eigenvalue weighted by Gasteiger charge is 2.05. The van der Waals surface area contributed by atoms with Crippen LogP contribution in [0.5, 0.6) is 5.88 Å². The Labute approximate surface area is 78.4 Å². The molecule has 0 unspecified atom stereocenters. The monoisotopic (exact) mass is 181 g/mol. The van der Waals surface area contributed by atoms with E-state index in [1.807, 2.05) is 32.0 Å². The second-order valence-corrected chi connectivity index (χ2v) is 2.92. The third kappa shape index (κ3) is 2.70. The predicted octanol–water partition coefficient (Wildman–Crippen LogP) is 1.58. The van der Waals surface area contributed by atoms with Gasteiger partial charge in [0.2, 0.25) is 5.88 Å². The van der Waals surface area contributed by atoms with E-state index in [4.69, 9.17) is 9.84 Å². The maximum Gasteiger partial charge on any atom is 0.213 e. The minimum Gasteiger partial charge on any atom is -0.478 e. The second-order valence-electron chi connectivity index (χ2n) is 2.92. The summed E-state index contributed by atoms with van der Waals surface area (Å²) in [6.07, 6.45) is 0. The van der Waals surface area contributed by atoms with Crippen LogP contribution in [0.15, 0.2) is 18.2 Å². The lowest BCUT2D eigenvalue weighted by Crippen LogP contribution is -2.03. The highest BCUT2D eigenvalue weighted by atomic mass is 16.5. The number of nitrogens with zero attached hydrogens (tertiary/aromatic N) is 1. The molecule has 0 saturated heterocycles. The Balaban J connectivity index is 2.78. The number of rotatable bonds is 4. The van der Waals surface area contributed by atoms with Crippen molar-refractivity contribution in [3.63, 3.8) is 0 Å². The number of ether oxygens (including phenoxy) is 1. The molecule has 0 bridgehead atoms. The number of hydrogen-bond donors (Lipinski definition) is 1. The summed E-state index contributed by atoms with van der Waals surface area (Å²) in [5.41, 5.74) is 0.869. The van der Waals surface area contributed by atoms with E-state index in [1.165, 1.54) is 0 Å². The molecule has 1 rings (SSSR count). The van der Waals surface area contributed by atoms with Crippen molar-refractivity contribution in [1.82, 2.24) is 4.98 Å². The maximum atomic E-state index is 8.93. The Morgan fingerprint density at radius 2 is 2.31 bits per heavy atom. The van der Waals surface area contributed by atoms with Gasteiger partial charge in [0.25, 0.3) is 0 Å². The van der Waals surface area contributed by atoms with Crippen LogP contribution >= 0.6 is 0 Å². The van der Waals surface area contributed by atoms with E-state index < -0.39 is 0 Å². The molecule has 0 saturated carbocycles. The molecule has 13 heavy (non-hydrogen) atoms. The van der Waals surface area contributed by atoms with Crippen LogP contribution in [0, 0.1) is 0 Å². The molecule has 0 radical (unpaired) electrons. The lowest BCUT2D eigenvalue weighted by molar-refractivity contribution is 0.269. The molecule has 1 N–H and O–H groups in total. The molecule has 1 aromatic rings. The van der Waals surface area contributed by atoms with Gasteiger partial charge < -0.3 is 9.84 Å². The molecule has 0 fully saturated rings. The molecule has 1 heterocycles. The first-order valence-corrected chi connectivity index (χ1v) is 4.48. The SMILES string of the molecule is CCOc1cccc([C@H](C)CO)n1. The molecule has 0 aliphatic carbocycles. The predicted molar refractivity (Wildman–Crippen MR) is 50.9 cm³/mol. The van der Waals surface area contributed by atoms with Crippen molar-refractivity contribution < 1.29 is 9.84 Å². The van der Waals surface area contributed by atoms with Crippen LogP contribution in [-0.4, -0.2) is 23.3 Å². The fourth-order valence-corrected chi connectivity index (χ4v) is 1.03. The molecule has 0 aliphatic heterocycles. The average molecular weight is 181 g/mol. The fourth-order valence-electron chi connectivity index (χ4n) is 1.03.